The van der Waals surface area contributed by atoms with Gasteiger partial charge in [0.05, 0.1) is 12.6 Å². The molecule has 2 atom stereocenters. The third kappa shape index (κ3) is 2.68. The SMILES string of the molecule is CC1(C2CC2)NC(=O)N(CN2CCCC(C(F)(F)F)C2)C1=O. The van der Waals surface area contributed by atoms with E-state index in [1.54, 1.807) is 11.8 Å². The molecule has 1 N–H and O–H groups in total. The van der Waals surface area contributed by atoms with E-state index in [1.807, 2.05) is 0 Å². The zero-order valence-corrected chi connectivity index (χ0v) is 12.4. The highest BCUT2D eigenvalue weighted by molar-refractivity contribution is 6.07. The molecule has 2 heterocycles. The molecule has 1 saturated carbocycles. The predicted octanol–water partition coefficient (Wildman–Crippen LogP) is 1.94. The normalized spacial score (nSPS) is 34.2. The number of likely N-dealkylation sites (tertiary alicyclic amines) is 1. The summed E-state index contributed by atoms with van der Waals surface area (Å²) in [5.41, 5.74) is -0.879. The van der Waals surface area contributed by atoms with E-state index >= 15 is 0 Å². The quantitative estimate of drug-likeness (QED) is 0.809. The Morgan fingerprint density at radius 1 is 1.27 bits per heavy atom. The number of carbonyl (C=O) groups is 2. The maximum atomic E-state index is 12.8. The number of halogens is 3. The van der Waals surface area contributed by atoms with Crippen molar-refractivity contribution in [2.75, 3.05) is 19.8 Å². The predicted molar refractivity (Wildman–Crippen MR) is 71.7 cm³/mol. The summed E-state index contributed by atoms with van der Waals surface area (Å²) in [5.74, 6) is -1.54. The number of piperidine rings is 1. The Hall–Kier alpha value is -1.31. The van der Waals surface area contributed by atoms with Gasteiger partial charge in [-0.15, -0.1) is 0 Å². The van der Waals surface area contributed by atoms with Gasteiger partial charge in [0.15, 0.2) is 0 Å². The number of alkyl halides is 3. The van der Waals surface area contributed by atoms with E-state index in [4.69, 9.17) is 0 Å². The molecule has 2 saturated heterocycles. The van der Waals surface area contributed by atoms with E-state index in [9.17, 15) is 22.8 Å². The molecule has 3 fully saturated rings. The number of rotatable bonds is 3. The number of urea groups is 1. The van der Waals surface area contributed by atoms with Crippen LogP contribution in [0.1, 0.15) is 32.6 Å². The number of nitrogens with zero attached hydrogens (tertiary/aromatic N) is 2. The van der Waals surface area contributed by atoms with Crippen molar-refractivity contribution in [2.45, 2.75) is 44.3 Å². The lowest BCUT2D eigenvalue weighted by molar-refractivity contribution is -0.187. The van der Waals surface area contributed by atoms with Crippen LogP contribution in [0.25, 0.3) is 0 Å². The average Bonchev–Trinajstić information content (AvgIpc) is 3.25. The molecule has 3 aliphatic rings. The van der Waals surface area contributed by atoms with Crippen molar-refractivity contribution in [3.05, 3.63) is 0 Å². The molecule has 2 unspecified atom stereocenters. The Kier molecular flexibility index (Phi) is 3.62. The van der Waals surface area contributed by atoms with Gasteiger partial charge in [0.2, 0.25) is 0 Å². The van der Waals surface area contributed by atoms with E-state index in [2.05, 4.69) is 5.32 Å². The van der Waals surface area contributed by atoms with Crippen molar-refractivity contribution in [2.24, 2.45) is 11.8 Å². The maximum Gasteiger partial charge on any atom is 0.393 e. The second kappa shape index (κ2) is 5.11. The molecule has 22 heavy (non-hydrogen) atoms. The highest BCUT2D eigenvalue weighted by atomic mass is 19.4. The van der Waals surface area contributed by atoms with Gasteiger partial charge in [-0.05, 0) is 45.1 Å². The minimum absolute atomic E-state index is 0.0560. The molecule has 3 rings (SSSR count). The highest BCUT2D eigenvalue weighted by Crippen LogP contribution is 2.42. The number of hydrogen-bond donors (Lipinski definition) is 1. The molecule has 5 nitrogen and oxygen atoms in total. The van der Waals surface area contributed by atoms with Crippen molar-refractivity contribution in [1.29, 1.82) is 0 Å². The lowest BCUT2D eigenvalue weighted by Crippen LogP contribution is -2.49. The average molecular weight is 319 g/mol. The van der Waals surface area contributed by atoms with Gasteiger partial charge in [0.25, 0.3) is 5.91 Å². The van der Waals surface area contributed by atoms with E-state index < -0.39 is 23.7 Å². The number of amides is 3. The molecule has 0 radical (unpaired) electrons. The minimum Gasteiger partial charge on any atom is -0.323 e. The lowest BCUT2D eigenvalue weighted by atomic mass is 9.96. The summed E-state index contributed by atoms with van der Waals surface area (Å²) in [4.78, 5) is 27.1. The zero-order valence-electron chi connectivity index (χ0n) is 12.4. The van der Waals surface area contributed by atoms with E-state index in [-0.39, 0.29) is 31.5 Å². The zero-order chi connectivity index (χ0) is 16.1. The number of imide groups is 1. The summed E-state index contributed by atoms with van der Waals surface area (Å²) in [5, 5.41) is 2.71. The third-order valence-electron chi connectivity index (χ3n) is 5.00. The van der Waals surface area contributed by atoms with Crippen LogP contribution >= 0.6 is 0 Å². The summed E-state index contributed by atoms with van der Waals surface area (Å²) in [6, 6.07) is -0.492. The smallest absolute Gasteiger partial charge is 0.323 e. The largest absolute Gasteiger partial charge is 0.393 e. The summed E-state index contributed by atoms with van der Waals surface area (Å²) >= 11 is 0. The summed E-state index contributed by atoms with van der Waals surface area (Å²) in [6.45, 7) is 1.98. The molecule has 2 aliphatic heterocycles. The van der Waals surface area contributed by atoms with Gasteiger partial charge in [-0.1, -0.05) is 0 Å². The van der Waals surface area contributed by atoms with Gasteiger partial charge in [0.1, 0.15) is 5.54 Å². The molecular formula is C14H20F3N3O2. The van der Waals surface area contributed by atoms with Gasteiger partial charge in [-0.2, -0.15) is 13.2 Å². The van der Waals surface area contributed by atoms with Crippen LogP contribution in [0.5, 0.6) is 0 Å². The summed E-state index contributed by atoms with van der Waals surface area (Å²) in [7, 11) is 0. The Bertz CT molecular complexity index is 492. The molecule has 124 valence electrons. The van der Waals surface area contributed by atoms with E-state index in [1.165, 1.54) is 0 Å². The van der Waals surface area contributed by atoms with E-state index in [0.717, 1.165) is 17.7 Å². The fourth-order valence-corrected chi connectivity index (χ4v) is 3.43. The fourth-order valence-electron chi connectivity index (χ4n) is 3.43. The second-order valence-electron chi connectivity index (χ2n) is 6.74. The second-order valence-corrected chi connectivity index (χ2v) is 6.74. The standard InChI is InChI=1S/C14H20F3N3O2/c1-13(9-4-5-9)11(21)20(12(22)18-13)8-19-6-2-3-10(7-19)14(15,16)17/h9-10H,2-8H2,1H3,(H,18,22). The van der Waals surface area contributed by atoms with Gasteiger partial charge >= 0.3 is 12.2 Å². The minimum atomic E-state index is -4.22. The molecule has 0 aromatic carbocycles. The van der Waals surface area contributed by atoms with Crippen LogP contribution in [0.2, 0.25) is 0 Å². The molecule has 0 spiro atoms. The Balaban J connectivity index is 1.65. The topological polar surface area (TPSA) is 52.7 Å². The first-order valence-corrected chi connectivity index (χ1v) is 7.65. The van der Waals surface area contributed by atoms with Crippen molar-refractivity contribution in [1.82, 2.24) is 15.1 Å². The maximum absolute atomic E-state index is 12.8. The molecule has 8 heteroatoms. The summed E-state index contributed by atoms with van der Waals surface area (Å²) in [6.07, 6.45) is -1.89. The van der Waals surface area contributed by atoms with Crippen molar-refractivity contribution in [3.63, 3.8) is 0 Å². The first-order valence-electron chi connectivity index (χ1n) is 7.65. The van der Waals surface area contributed by atoms with Crippen molar-refractivity contribution in [3.8, 4) is 0 Å². The van der Waals surface area contributed by atoms with Crippen LogP contribution in [0.15, 0.2) is 0 Å². The van der Waals surface area contributed by atoms with Crippen LogP contribution in [-0.4, -0.2) is 53.2 Å². The molecule has 3 amide bonds. The van der Waals surface area contributed by atoms with Crippen LogP contribution in [0, 0.1) is 11.8 Å². The Labute approximate surface area is 126 Å². The third-order valence-corrected chi connectivity index (χ3v) is 5.00. The Morgan fingerprint density at radius 2 is 1.95 bits per heavy atom. The Morgan fingerprint density at radius 3 is 2.55 bits per heavy atom. The highest BCUT2D eigenvalue weighted by Gasteiger charge is 2.56. The molecule has 0 aromatic rings. The van der Waals surface area contributed by atoms with Gasteiger partial charge < -0.3 is 5.32 Å². The lowest BCUT2D eigenvalue weighted by Gasteiger charge is -2.35. The fraction of sp³-hybridized carbons (Fsp3) is 0.857. The molecule has 0 bridgehead atoms. The molecule has 0 aromatic heterocycles. The molecular weight excluding hydrogens is 299 g/mol. The number of hydrogen-bond acceptors (Lipinski definition) is 3. The van der Waals surface area contributed by atoms with Gasteiger partial charge in [-0.25, -0.2) is 9.69 Å². The van der Waals surface area contributed by atoms with Crippen molar-refractivity contribution < 1.29 is 22.8 Å². The monoisotopic (exact) mass is 319 g/mol. The first kappa shape index (κ1) is 15.6. The van der Waals surface area contributed by atoms with Gasteiger partial charge in [-0.3, -0.25) is 9.69 Å². The molecule has 1 aliphatic carbocycles. The first-order chi connectivity index (χ1) is 10.2. The van der Waals surface area contributed by atoms with Gasteiger partial charge in [0, 0.05) is 6.54 Å². The summed E-state index contributed by atoms with van der Waals surface area (Å²) < 4.78 is 38.5. The van der Waals surface area contributed by atoms with Crippen molar-refractivity contribution >= 4 is 11.9 Å². The van der Waals surface area contributed by atoms with Crippen LogP contribution in [0.4, 0.5) is 18.0 Å². The number of nitrogens with one attached hydrogen (secondary N) is 1. The van der Waals surface area contributed by atoms with E-state index in [0.29, 0.717) is 13.0 Å². The van der Waals surface area contributed by atoms with Crippen LogP contribution < -0.4 is 5.32 Å². The number of carbonyl (C=O) groups excluding carboxylic acids is 2. The van der Waals surface area contributed by atoms with Crippen LogP contribution in [-0.2, 0) is 4.79 Å². The van der Waals surface area contributed by atoms with Crippen LogP contribution in [0.3, 0.4) is 0 Å².